The number of hydroxylamine groups is 2. The Balaban J connectivity index is 1.93. The van der Waals surface area contributed by atoms with Crippen molar-refractivity contribution in [3.05, 3.63) is 48.5 Å². The van der Waals surface area contributed by atoms with Crippen molar-refractivity contribution in [2.24, 2.45) is 0 Å². The summed E-state index contributed by atoms with van der Waals surface area (Å²) in [5, 5.41) is 1.15. The van der Waals surface area contributed by atoms with Crippen molar-refractivity contribution in [2.75, 3.05) is 7.11 Å². The Labute approximate surface area is 121 Å². The fourth-order valence-corrected chi connectivity index (χ4v) is 2.56. The van der Waals surface area contributed by atoms with Gasteiger partial charge in [-0.25, -0.2) is 10.0 Å². The zero-order valence-electron chi connectivity index (χ0n) is 11.6. The molecule has 1 atom stereocenters. The molecule has 0 N–H and O–H groups in total. The molecule has 0 radical (unpaired) electrons. The quantitative estimate of drug-likeness (QED) is 0.801. The minimum absolute atomic E-state index is 0.173. The molecule has 0 spiro atoms. The van der Waals surface area contributed by atoms with Crippen molar-refractivity contribution in [3.63, 3.8) is 0 Å². The van der Waals surface area contributed by atoms with Crippen LogP contribution in [0.2, 0.25) is 0 Å². The van der Waals surface area contributed by atoms with Crippen LogP contribution in [0, 0.1) is 0 Å². The topological polar surface area (TPSA) is 64.4 Å². The Kier molecular flexibility index (Phi) is 3.53. The SMILES string of the molecule is CON1C(=O)CCC1C(=O)c1nccn1-c1ccccc1. The predicted octanol–water partition coefficient (Wildman–Crippen LogP) is 1.61. The Morgan fingerprint density at radius 1 is 1.33 bits per heavy atom. The van der Waals surface area contributed by atoms with Gasteiger partial charge in [0.1, 0.15) is 6.04 Å². The van der Waals surface area contributed by atoms with Crippen molar-refractivity contribution >= 4 is 11.7 Å². The number of hydrogen-bond acceptors (Lipinski definition) is 4. The molecule has 2 heterocycles. The lowest BCUT2D eigenvalue weighted by atomic mass is 10.1. The highest BCUT2D eigenvalue weighted by Crippen LogP contribution is 2.23. The zero-order chi connectivity index (χ0) is 14.8. The van der Waals surface area contributed by atoms with E-state index in [4.69, 9.17) is 4.84 Å². The fraction of sp³-hybridized carbons (Fsp3) is 0.267. The highest BCUT2D eigenvalue weighted by atomic mass is 16.7. The molecule has 0 saturated carbocycles. The molecule has 1 unspecified atom stereocenters. The van der Waals surface area contributed by atoms with Crippen molar-refractivity contribution < 1.29 is 14.4 Å². The highest BCUT2D eigenvalue weighted by Gasteiger charge is 2.38. The van der Waals surface area contributed by atoms with Gasteiger partial charge in [-0.05, 0) is 18.6 Å². The Morgan fingerprint density at radius 2 is 2.10 bits per heavy atom. The largest absolute Gasteiger partial charge is 0.297 e. The Hall–Kier alpha value is -2.47. The van der Waals surface area contributed by atoms with Gasteiger partial charge in [0.25, 0.3) is 0 Å². The van der Waals surface area contributed by atoms with E-state index in [1.807, 2.05) is 30.3 Å². The second kappa shape index (κ2) is 5.49. The number of aromatic nitrogens is 2. The fourth-order valence-electron chi connectivity index (χ4n) is 2.56. The maximum atomic E-state index is 12.7. The summed E-state index contributed by atoms with van der Waals surface area (Å²) in [6.07, 6.45) is 4.08. The van der Waals surface area contributed by atoms with Crippen LogP contribution in [0.3, 0.4) is 0 Å². The molecule has 1 fully saturated rings. The van der Waals surface area contributed by atoms with Gasteiger partial charge < -0.3 is 0 Å². The van der Waals surface area contributed by atoms with Crippen LogP contribution in [-0.4, -0.2) is 39.5 Å². The third-order valence-corrected chi connectivity index (χ3v) is 3.56. The summed E-state index contributed by atoms with van der Waals surface area (Å²) < 4.78 is 1.72. The second-order valence-corrected chi connectivity index (χ2v) is 4.78. The molecule has 0 bridgehead atoms. The van der Waals surface area contributed by atoms with Gasteiger partial charge in [0, 0.05) is 24.5 Å². The summed E-state index contributed by atoms with van der Waals surface area (Å²) in [6.45, 7) is 0. The zero-order valence-corrected chi connectivity index (χ0v) is 11.6. The van der Waals surface area contributed by atoms with E-state index in [0.29, 0.717) is 18.7 Å². The summed E-state index contributed by atoms with van der Waals surface area (Å²) in [4.78, 5) is 33.5. The van der Waals surface area contributed by atoms with Gasteiger partial charge in [-0.1, -0.05) is 18.2 Å². The molecule has 0 aliphatic carbocycles. The molecule has 6 nitrogen and oxygen atoms in total. The number of nitrogens with zero attached hydrogens (tertiary/aromatic N) is 3. The summed E-state index contributed by atoms with van der Waals surface area (Å²) in [6, 6.07) is 8.88. The molecule has 1 aliphatic rings. The molecule has 3 rings (SSSR count). The molecule has 108 valence electrons. The number of ketones is 1. The number of imidazole rings is 1. The van der Waals surface area contributed by atoms with Gasteiger partial charge in [-0.2, -0.15) is 0 Å². The number of benzene rings is 1. The first-order valence-electron chi connectivity index (χ1n) is 6.71. The number of rotatable bonds is 4. The number of carbonyl (C=O) groups excluding carboxylic acids is 2. The lowest BCUT2D eigenvalue weighted by molar-refractivity contribution is -0.173. The number of amides is 1. The average molecular weight is 285 g/mol. The summed E-state index contributed by atoms with van der Waals surface area (Å²) in [7, 11) is 1.40. The van der Waals surface area contributed by atoms with Crippen molar-refractivity contribution in [2.45, 2.75) is 18.9 Å². The van der Waals surface area contributed by atoms with E-state index < -0.39 is 6.04 Å². The van der Waals surface area contributed by atoms with Crippen LogP contribution in [0.4, 0.5) is 0 Å². The van der Waals surface area contributed by atoms with Gasteiger partial charge in [0.05, 0.1) is 7.11 Å². The van der Waals surface area contributed by atoms with Gasteiger partial charge in [0.2, 0.25) is 11.7 Å². The van der Waals surface area contributed by atoms with E-state index >= 15 is 0 Å². The Morgan fingerprint density at radius 3 is 2.81 bits per heavy atom. The Bertz CT molecular complexity index is 666. The number of hydrogen-bond donors (Lipinski definition) is 0. The van der Waals surface area contributed by atoms with Crippen LogP contribution >= 0.6 is 0 Å². The molecule has 2 aromatic rings. The molecule has 1 aliphatic heterocycles. The third kappa shape index (κ3) is 2.34. The molecule has 6 heteroatoms. The van der Waals surface area contributed by atoms with Crippen LogP contribution in [0.1, 0.15) is 23.5 Å². The van der Waals surface area contributed by atoms with E-state index in [0.717, 1.165) is 10.8 Å². The van der Waals surface area contributed by atoms with Crippen molar-refractivity contribution in [3.8, 4) is 5.69 Å². The van der Waals surface area contributed by atoms with Crippen LogP contribution in [0.5, 0.6) is 0 Å². The molecule has 1 amide bonds. The molecular formula is C15H15N3O3. The first kappa shape index (κ1) is 13.5. The van der Waals surface area contributed by atoms with E-state index in [9.17, 15) is 9.59 Å². The summed E-state index contributed by atoms with van der Waals surface area (Å²) >= 11 is 0. The monoisotopic (exact) mass is 285 g/mol. The summed E-state index contributed by atoms with van der Waals surface area (Å²) in [5.74, 6) is -0.0758. The lowest BCUT2D eigenvalue weighted by Crippen LogP contribution is -2.38. The van der Waals surface area contributed by atoms with Crippen LogP contribution in [-0.2, 0) is 9.63 Å². The van der Waals surface area contributed by atoms with Crippen LogP contribution in [0.15, 0.2) is 42.7 Å². The van der Waals surface area contributed by atoms with Gasteiger partial charge >= 0.3 is 0 Å². The summed E-state index contributed by atoms with van der Waals surface area (Å²) in [5.41, 5.74) is 0.853. The molecular weight excluding hydrogens is 270 g/mol. The van der Waals surface area contributed by atoms with E-state index in [2.05, 4.69) is 4.98 Å². The number of Topliss-reactive ketones (excluding diaryl/α,β-unsaturated/α-hetero) is 1. The van der Waals surface area contributed by atoms with Crippen molar-refractivity contribution in [1.29, 1.82) is 0 Å². The lowest BCUT2D eigenvalue weighted by Gasteiger charge is -2.20. The van der Waals surface area contributed by atoms with Crippen molar-refractivity contribution in [1.82, 2.24) is 14.6 Å². The average Bonchev–Trinajstić information content (AvgIpc) is 3.13. The highest BCUT2D eigenvalue weighted by molar-refractivity contribution is 6.01. The van der Waals surface area contributed by atoms with Crippen LogP contribution < -0.4 is 0 Å². The molecule has 21 heavy (non-hydrogen) atoms. The second-order valence-electron chi connectivity index (χ2n) is 4.78. The smallest absolute Gasteiger partial charge is 0.246 e. The molecule has 1 saturated heterocycles. The van der Waals surface area contributed by atoms with E-state index in [1.54, 1.807) is 17.0 Å². The van der Waals surface area contributed by atoms with Crippen LogP contribution in [0.25, 0.3) is 5.69 Å². The first-order valence-corrected chi connectivity index (χ1v) is 6.71. The normalized spacial score (nSPS) is 18.2. The van der Waals surface area contributed by atoms with Gasteiger partial charge in [-0.15, -0.1) is 0 Å². The molecule has 1 aromatic carbocycles. The number of para-hydroxylation sites is 1. The van der Waals surface area contributed by atoms with E-state index in [1.165, 1.54) is 7.11 Å². The third-order valence-electron chi connectivity index (χ3n) is 3.56. The standard InChI is InChI=1S/C15H15N3O3/c1-21-18-12(7-8-13(18)19)14(20)15-16-9-10-17(15)11-5-3-2-4-6-11/h2-6,9-10,12H,7-8H2,1H3. The first-order chi connectivity index (χ1) is 10.2. The van der Waals surface area contributed by atoms with Gasteiger partial charge in [-0.3, -0.25) is 19.0 Å². The predicted molar refractivity (Wildman–Crippen MR) is 74.8 cm³/mol. The maximum Gasteiger partial charge on any atom is 0.246 e. The minimum Gasteiger partial charge on any atom is -0.297 e. The van der Waals surface area contributed by atoms with Gasteiger partial charge in [0.15, 0.2) is 5.82 Å². The maximum absolute atomic E-state index is 12.7. The van der Waals surface area contributed by atoms with E-state index in [-0.39, 0.29) is 11.7 Å². The minimum atomic E-state index is -0.604. The number of carbonyl (C=O) groups is 2. The molecule has 1 aromatic heterocycles.